The van der Waals surface area contributed by atoms with E-state index in [4.69, 9.17) is 4.74 Å². The van der Waals surface area contributed by atoms with Crippen LogP contribution in [0.5, 0.6) is 5.75 Å². The lowest BCUT2D eigenvalue weighted by Gasteiger charge is -2.07. The Morgan fingerprint density at radius 2 is 2.24 bits per heavy atom. The fraction of sp³-hybridized carbons (Fsp3) is 0.250. The lowest BCUT2D eigenvalue weighted by Crippen LogP contribution is -2.24. The average molecular weight is 349 g/mol. The van der Waals surface area contributed by atoms with Crippen LogP contribution < -0.4 is 10.1 Å². The fourth-order valence-corrected chi connectivity index (χ4v) is 2.49. The van der Waals surface area contributed by atoms with E-state index in [0.29, 0.717) is 17.9 Å². The van der Waals surface area contributed by atoms with Crippen LogP contribution in [0.4, 0.5) is 0 Å². The van der Waals surface area contributed by atoms with Crippen LogP contribution in [0, 0.1) is 0 Å². The molecule has 0 bridgehead atoms. The number of ether oxygens (including phenoxy) is 1. The minimum absolute atomic E-state index is 0.0791. The Labute approximate surface area is 132 Å². The van der Waals surface area contributed by atoms with Crippen molar-refractivity contribution in [2.45, 2.75) is 12.8 Å². The summed E-state index contributed by atoms with van der Waals surface area (Å²) in [6.45, 7) is 0.636. The Morgan fingerprint density at radius 1 is 1.38 bits per heavy atom. The van der Waals surface area contributed by atoms with Gasteiger partial charge in [-0.15, -0.1) is 0 Å². The van der Waals surface area contributed by atoms with Crippen molar-refractivity contribution >= 4 is 21.8 Å². The summed E-state index contributed by atoms with van der Waals surface area (Å²) in [5.41, 5.74) is 1.79. The van der Waals surface area contributed by atoms with E-state index >= 15 is 0 Å². The summed E-state index contributed by atoms with van der Waals surface area (Å²) in [6, 6.07) is 9.24. The van der Waals surface area contributed by atoms with Gasteiger partial charge in [0.05, 0.1) is 11.6 Å². The van der Waals surface area contributed by atoms with Crippen LogP contribution in [0.15, 0.2) is 47.2 Å². The maximum Gasteiger partial charge on any atom is 0.251 e. The third-order valence-corrected chi connectivity index (χ3v) is 3.68. The first kappa shape index (κ1) is 15.5. The zero-order valence-electron chi connectivity index (χ0n) is 11.8. The van der Waals surface area contributed by atoms with Crippen molar-refractivity contribution in [3.8, 4) is 5.75 Å². The Balaban J connectivity index is 1.80. The number of nitrogens with zero attached hydrogens (tertiary/aromatic N) is 1. The zero-order valence-corrected chi connectivity index (χ0v) is 13.4. The van der Waals surface area contributed by atoms with Gasteiger partial charge in [0, 0.05) is 24.5 Å². The number of halogens is 1. The number of hydrogen-bond acceptors (Lipinski definition) is 3. The summed E-state index contributed by atoms with van der Waals surface area (Å²) in [5.74, 6) is 0.632. The second-order valence-electron chi connectivity index (χ2n) is 4.57. The van der Waals surface area contributed by atoms with Crippen molar-refractivity contribution in [3.63, 3.8) is 0 Å². The molecule has 0 fully saturated rings. The lowest BCUT2D eigenvalue weighted by molar-refractivity contribution is 0.0953. The number of benzene rings is 1. The van der Waals surface area contributed by atoms with E-state index in [1.54, 1.807) is 31.5 Å². The van der Waals surface area contributed by atoms with Crippen LogP contribution >= 0.6 is 15.9 Å². The van der Waals surface area contributed by atoms with E-state index in [0.717, 1.165) is 17.3 Å². The molecule has 2 rings (SSSR count). The summed E-state index contributed by atoms with van der Waals surface area (Å²) in [6.07, 6.45) is 5.39. The van der Waals surface area contributed by atoms with Gasteiger partial charge in [-0.2, -0.15) is 0 Å². The van der Waals surface area contributed by atoms with Crippen molar-refractivity contribution in [2.24, 2.45) is 0 Å². The summed E-state index contributed by atoms with van der Waals surface area (Å²) in [4.78, 5) is 16.1. The quantitative estimate of drug-likeness (QED) is 0.815. The Bertz CT molecular complexity index is 602. The maximum atomic E-state index is 12.0. The summed E-state index contributed by atoms with van der Waals surface area (Å²) < 4.78 is 5.91. The molecule has 1 amide bonds. The number of pyridine rings is 1. The molecule has 0 aliphatic rings. The van der Waals surface area contributed by atoms with E-state index in [-0.39, 0.29) is 5.91 Å². The molecule has 1 aromatic heterocycles. The molecule has 110 valence electrons. The number of methoxy groups -OCH3 is 1. The highest BCUT2D eigenvalue weighted by Crippen LogP contribution is 2.25. The predicted octanol–water partition coefficient (Wildman–Crippen LogP) is 3.22. The van der Waals surface area contributed by atoms with Gasteiger partial charge in [-0.25, -0.2) is 0 Å². The number of amides is 1. The number of aromatic nitrogens is 1. The first-order valence-corrected chi connectivity index (χ1v) is 7.50. The Morgan fingerprint density at radius 3 is 2.90 bits per heavy atom. The van der Waals surface area contributed by atoms with Gasteiger partial charge < -0.3 is 10.1 Å². The Kier molecular flexibility index (Phi) is 5.75. The highest BCUT2D eigenvalue weighted by atomic mass is 79.9. The highest BCUT2D eigenvalue weighted by molar-refractivity contribution is 9.10. The van der Waals surface area contributed by atoms with Gasteiger partial charge in [0.1, 0.15) is 5.75 Å². The SMILES string of the molecule is COc1ccc(C(=O)NCCCc2cccnc2)cc1Br. The third kappa shape index (κ3) is 4.56. The largest absolute Gasteiger partial charge is 0.496 e. The minimum Gasteiger partial charge on any atom is -0.496 e. The molecule has 2 aromatic rings. The van der Waals surface area contributed by atoms with E-state index in [9.17, 15) is 4.79 Å². The minimum atomic E-state index is -0.0791. The van der Waals surface area contributed by atoms with Gasteiger partial charge in [0.15, 0.2) is 0 Å². The van der Waals surface area contributed by atoms with Gasteiger partial charge in [-0.3, -0.25) is 9.78 Å². The number of hydrogen-bond donors (Lipinski definition) is 1. The first-order chi connectivity index (χ1) is 10.2. The molecule has 5 heteroatoms. The van der Waals surface area contributed by atoms with Crippen molar-refractivity contribution in [1.29, 1.82) is 0 Å². The second-order valence-corrected chi connectivity index (χ2v) is 5.42. The van der Waals surface area contributed by atoms with Gasteiger partial charge in [-0.1, -0.05) is 6.07 Å². The van der Waals surface area contributed by atoms with Crippen LogP contribution in [0.3, 0.4) is 0 Å². The molecule has 0 radical (unpaired) electrons. The molecule has 0 saturated heterocycles. The van der Waals surface area contributed by atoms with E-state index in [1.165, 1.54) is 5.56 Å². The smallest absolute Gasteiger partial charge is 0.251 e. The van der Waals surface area contributed by atoms with Crippen LogP contribution in [0.2, 0.25) is 0 Å². The van der Waals surface area contributed by atoms with Crippen molar-refractivity contribution in [2.75, 3.05) is 13.7 Å². The monoisotopic (exact) mass is 348 g/mol. The predicted molar refractivity (Wildman–Crippen MR) is 85.6 cm³/mol. The van der Waals surface area contributed by atoms with Gasteiger partial charge in [0.25, 0.3) is 5.91 Å². The zero-order chi connectivity index (χ0) is 15.1. The van der Waals surface area contributed by atoms with E-state index in [1.807, 2.05) is 18.3 Å². The highest BCUT2D eigenvalue weighted by Gasteiger charge is 2.08. The van der Waals surface area contributed by atoms with Crippen LogP contribution in [0.1, 0.15) is 22.3 Å². The lowest BCUT2D eigenvalue weighted by atomic mass is 10.1. The fourth-order valence-electron chi connectivity index (χ4n) is 1.95. The first-order valence-electron chi connectivity index (χ1n) is 6.71. The molecular weight excluding hydrogens is 332 g/mol. The topological polar surface area (TPSA) is 51.2 Å². The molecule has 1 heterocycles. The van der Waals surface area contributed by atoms with E-state index in [2.05, 4.69) is 26.2 Å². The normalized spacial score (nSPS) is 10.2. The standard InChI is InChI=1S/C16H17BrN2O2/c1-21-15-7-6-13(10-14(15)17)16(20)19-9-3-5-12-4-2-8-18-11-12/h2,4,6-8,10-11H,3,5,9H2,1H3,(H,19,20). The second kappa shape index (κ2) is 7.78. The number of nitrogens with one attached hydrogen (secondary N) is 1. The van der Waals surface area contributed by atoms with Crippen LogP contribution in [-0.2, 0) is 6.42 Å². The van der Waals surface area contributed by atoms with Crippen LogP contribution in [0.25, 0.3) is 0 Å². The summed E-state index contributed by atoms with van der Waals surface area (Å²) >= 11 is 3.38. The molecule has 0 aliphatic carbocycles. The molecule has 1 aromatic carbocycles. The number of rotatable bonds is 6. The molecule has 0 aliphatic heterocycles. The molecule has 0 saturated carbocycles. The summed E-state index contributed by atoms with van der Waals surface area (Å²) in [7, 11) is 1.60. The molecule has 0 atom stereocenters. The molecule has 21 heavy (non-hydrogen) atoms. The van der Waals surface area contributed by atoms with Crippen molar-refractivity contribution < 1.29 is 9.53 Å². The third-order valence-electron chi connectivity index (χ3n) is 3.06. The van der Waals surface area contributed by atoms with Crippen molar-refractivity contribution in [1.82, 2.24) is 10.3 Å². The average Bonchev–Trinajstić information content (AvgIpc) is 2.52. The molecular formula is C16H17BrN2O2. The number of carbonyl (C=O) groups excluding carboxylic acids is 1. The Hall–Kier alpha value is -1.88. The molecule has 0 spiro atoms. The van der Waals surface area contributed by atoms with E-state index < -0.39 is 0 Å². The molecule has 4 nitrogen and oxygen atoms in total. The molecule has 1 N–H and O–H groups in total. The molecule has 0 unspecified atom stereocenters. The number of carbonyl (C=O) groups is 1. The summed E-state index contributed by atoms with van der Waals surface area (Å²) in [5, 5.41) is 2.91. The maximum absolute atomic E-state index is 12.0. The van der Waals surface area contributed by atoms with Crippen molar-refractivity contribution in [3.05, 3.63) is 58.3 Å². The van der Waals surface area contributed by atoms with Gasteiger partial charge in [-0.05, 0) is 58.6 Å². The van der Waals surface area contributed by atoms with Gasteiger partial charge >= 0.3 is 0 Å². The van der Waals surface area contributed by atoms with Gasteiger partial charge in [0.2, 0.25) is 0 Å². The number of aryl methyl sites for hydroxylation is 1. The van der Waals surface area contributed by atoms with Crippen LogP contribution in [-0.4, -0.2) is 24.5 Å².